The maximum Gasteiger partial charge on any atom is -0.0229 e. The highest BCUT2D eigenvalue weighted by atomic mass is 79.9. The van der Waals surface area contributed by atoms with Gasteiger partial charge >= 0.3 is 0 Å². The van der Waals surface area contributed by atoms with Crippen LogP contribution in [0.15, 0.2) is 11.1 Å². The van der Waals surface area contributed by atoms with Crippen LogP contribution in [0.2, 0.25) is 0 Å². The molecule has 0 aliphatic rings. The minimum atomic E-state index is 1.23. The molecule has 0 bridgehead atoms. The maximum absolute atomic E-state index is 3.28. The molecule has 0 amide bonds. The van der Waals surface area contributed by atoms with Crippen LogP contribution in [0.1, 0.15) is 58.3 Å². The Kier molecular flexibility index (Phi) is 12.4. The van der Waals surface area contributed by atoms with Crippen LogP contribution in [-0.2, 0) is 0 Å². The van der Waals surface area contributed by atoms with Crippen molar-refractivity contribution in [3.8, 4) is 0 Å². The van der Waals surface area contributed by atoms with E-state index < -0.39 is 0 Å². The highest BCUT2D eigenvalue weighted by Crippen LogP contribution is 2.09. The first kappa shape index (κ1) is 13.2. The molecule has 0 fully saturated rings. The van der Waals surface area contributed by atoms with E-state index in [2.05, 4.69) is 35.4 Å². The Morgan fingerprint density at radius 1 is 0.923 bits per heavy atom. The molecule has 0 aromatic rings. The molecular weight excluding hydrogens is 224 g/mol. The Balaban J connectivity index is 2.83. The van der Waals surface area contributed by atoms with Crippen LogP contribution in [0.3, 0.4) is 0 Å². The van der Waals surface area contributed by atoms with Crippen LogP contribution in [0.25, 0.3) is 0 Å². The van der Waals surface area contributed by atoms with Crippen LogP contribution in [0, 0.1) is 6.42 Å². The summed E-state index contributed by atoms with van der Waals surface area (Å²) in [6, 6.07) is 0. The molecular formula is C12H22Br. The first-order valence-electron chi connectivity index (χ1n) is 5.48. The lowest BCUT2D eigenvalue weighted by atomic mass is 10.1. The Morgan fingerprint density at radius 2 is 1.62 bits per heavy atom. The average molecular weight is 246 g/mol. The Morgan fingerprint density at radius 3 is 2.23 bits per heavy atom. The van der Waals surface area contributed by atoms with Gasteiger partial charge in [-0.15, -0.1) is 0 Å². The van der Waals surface area contributed by atoms with Crippen LogP contribution in [0.4, 0.5) is 0 Å². The van der Waals surface area contributed by atoms with Gasteiger partial charge < -0.3 is 0 Å². The Labute approximate surface area is 91.9 Å². The molecule has 0 unspecified atom stereocenters. The molecule has 1 radical (unpaired) electrons. The van der Waals surface area contributed by atoms with Crippen molar-refractivity contribution in [1.82, 2.24) is 0 Å². The smallest absolute Gasteiger partial charge is 0.0229 e. The molecule has 77 valence electrons. The molecule has 0 nitrogen and oxygen atoms in total. The van der Waals surface area contributed by atoms with Crippen LogP contribution in [0.5, 0.6) is 0 Å². The fourth-order valence-electron chi connectivity index (χ4n) is 1.32. The second-order valence-electron chi connectivity index (χ2n) is 3.43. The van der Waals surface area contributed by atoms with Gasteiger partial charge in [-0.05, 0) is 24.2 Å². The van der Waals surface area contributed by atoms with E-state index in [0.29, 0.717) is 0 Å². The molecule has 0 atom stereocenters. The Hall–Kier alpha value is 0.220. The molecule has 0 aliphatic carbocycles. The Bertz CT molecular complexity index is 108. The normalized spacial score (nSPS) is 11.2. The predicted octanol–water partition coefficient (Wildman–Crippen LogP) is 5.24. The van der Waals surface area contributed by atoms with E-state index >= 15 is 0 Å². The van der Waals surface area contributed by atoms with Crippen molar-refractivity contribution in [2.75, 3.05) is 0 Å². The summed E-state index contributed by atoms with van der Waals surface area (Å²) in [5.74, 6) is 0. The van der Waals surface area contributed by atoms with Crippen molar-refractivity contribution in [3.05, 3.63) is 17.5 Å². The number of halogens is 1. The van der Waals surface area contributed by atoms with Crippen LogP contribution < -0.4 is 0 Å². The number of allylic oxidation sites excluding steroid dienone is 1. The van der Waals surface area contributed by atoms with Gasteiger partial charge in [0.2, 0.25) is 0 Å². The molecule has 0 spiro atoms. The molecule has 13 heavy (non-hydrogen) atoms. The number of rotatable bonds is 9. The van der Waals surface area contributed by atoms with E-state index in [1.165, 1.54) is 51.4 Å². The van der Waals surface area contributed by atoms with E-state index in [1.807, 2.05) is 4.99 Å². The molecule has 0 rings (SSSR count). The van der Waals surface area contributed by atoms with Crippen LogP contribution >= 0.6 is 15.9 Å². The predicted molar refractivity (Wildman–Crippen MR) is 65.0 cm³/mol. The van der Waals surface area contributed by atoms with E-state index in [1.54, 1.807) is 0 Å². The van der Waals surface area contributed by atoms with Crippen molar-refractivity contribution in [2.24, 2.45) is 0 Å². The van der Waals surface area contributed by atoms with E-state index in [-0.39, 0.29) is 0 Å². The maximum atomic E-state index is 3.28. The molecule has 0 saturated heterocycles. The molecule has 0 aromatic heterocycles. The molecule has 0 N–H and O–H groups in total. The lowest BCUT2D eigenvalue weighted by molar-refractivity contribution is 0.632. The van der Waals surface area contributed by atoms with Crippen molar-refractivity contribution in [2.45, 2.75) is 58.3 Å². The summed E-state index contributed by atoms with van der Waals surface area (Å²) in [5, 5.41) is 0. The van der Waals surface area contributed by atoms with Crippen molar-refractivity contribution in [1.29, 1.82) is 0 Å². The van der Waals surface area contributed by atoms with Gasteiger partial charge in [-0.2, -0.15) is 0 Å². The van der Waals surface area contributed by atoms with E-state index in [9.17, 15) is 0 Å². The third kappa shape index (κ3) is 12.2. The summed E-state index contributed by atoms with van der Waals surface area (Å²) in [6.45, 7) is 2.24. The van der Waals surface area contributed by atoms with Gasteiger partial charge in [0.1, 0.15) is 0 Å². The van der Waals surface area contributed by atoms with Gasteiger partial charge in [0, 0.05) is 0 Å². The molecule has 0 aromatic carbocycles. The zero-order valence-electron chi connectivity index (χ0n) is 8.77. The fraction of sp³-hybridized carbons (Fsp3) is 0.750. The summed E-state index contributed by atoms with van der Waals surface area (Å²) < 4.78 is 0. The molecule has 1 heteroatoms. The molecule has 0 aliphatic heterocycles. The van der Waals surface area contributed by atoms with Gasteiger partial charge in [-0.1, -0.05) is 67.5 Å². The van der Waals surface area contributed by atoms with Gasteiger partial charge in [-0.3, -0.25) is 0 Å². The van der Waals surface area contributed by atoms with Gasteiger partial charge in [0.15, 0.2) is 0 Å². The lowest BCUT2D eigenvalue weighted by Crippen LogP contribution is -1.80. The second-order valence-corrected chi connectivity index (χ2v) is 3.96. The zero-order chi connectivity index (χ0) is 9.78. The fourth-order valence-corrected chi connectivity index (χ4v) is 1.58. The van der Waals surface area contributed by atoms with Crippen molar-refractivity contribution in [3.63, 3.8) is 0 Å². The molecule has 0 saturated carbocycles. The summed E-state index contributed by atoms with van der Waals surface area (Å²) in [4.78, 5) is 1.96. The van der Waals surface area contributed by atoms with Gasteiger partial charge in [0.05, 0.1) is 0 Å². The van der Waals surface area contributed by atoms with Crippen molar-refractivity contribution < 1.29 is 0 Å². The highest BCUT2D eigenvalue weighted by molar-refractivity contribution is 9.11. The third-order valence-corrected chi connectivity index (χ3v) is 2.48. The summed E-state index contributed by atoms with van der Waals surface area (Å²) in [6.07, 6.45) is 15.3. The van der Waals surface area contributed by atoms with Crippen molar-refractivity contribution >= 4 is 15.9 Å². The summed E-state index contributed by atoms with van der Waals surface area (Å²) in [5.41, 5.74) is 0. The standard InChI is InChI=1S/C12H22Br/c1-2-3-4-5-6-7-8-9-10-11-12-13/h4,11-12H,2-3,5-10H2,1H3/b12-11-. The highest BCUT2D eigenvalue weighted by Gasteiger charge is 1.89. The van der Waals surface area contributed by atoms with Gasteiger partial charge in [-0.25, -0.2) is 0 Å². The number of hydrogen-bond acceptors (Lipinski definition) is 0. The molecule has 0 heterocycles. The number of hydrogen-bond donors (Lipinski definition) is 0. The van der Waals surface area contributed by atoms with E-state index in [0.717, 1.165) is 0 Å². The summed E-state index contributed by atoms with van der Waals surface area (Å²) in [7, 11) is 0. The topological polar surface area (TPSA) is 0 Å². The second kappa shape index (κ2) is 12.2. The average Bonchev–Trinajstić information content (AvgIpc) is 2.16. The SMILES string of the molecule is CCC[CH]CCCCCC/C=C\Br. The minimum absolute atomic E-state index is 1.23. The monoisotopic (exact) mass is 245 g/mol. The minimum Gasteiger partial charge on any atom is -0.0776 e. The van der Waals surface area contributed by atoms with E-state index in [4.69, 9.17) is 0 Å². The first-order valence-corrected chi connectivity index (χ1v) is 6.40. The summed E-state index contributed by atoms with van der Waals surface area (Å²) >= 11 is 3.28. The quantitative estimate of drug-likeness (QED) is 0.488. The zero-order valence-corrected chi connectivity index (χ0v) is 10.4. The number of unbranched alkanes of at least 4 members (excludes halogenated alkanes) is 8. The van der Waals surface area contributed by atoms with Crippen LogP contribution in [-0.4, -0.2) is 0 Å². The first-order chi connectivity index (χ1) is 6.41. The lowest BCUT2D eigenvalue weighted by Gasteiger charge is -1.99. The largest absolute Gasteiger partial charge is 0.0776 e. The van der Waals surface area contributed by atoms with Gasteiger partial charge in [0.25, 0.3) is 0 Å². The third-order valence-electron chi connectivity index (χ3n) is 2.11.